The number of halogens is 3. The van der Waals surface area contributed by atoms with E-state index in [9.17, 15) is 9.18 Å². The summed E-state index contributed by atoms with van der Waals surface area (Å²) in [4.78, 5) is 12.0. The molecule has 21 heavy (non-hydrogen) atoms. The van der Waals surface area contributed by atoms with E-state index >= 15 is 0 Å². The van der Waals surface area contributed by atoms with Gasteiger partial charge in [-0.05, 0) is 49.4 Å². The highest BCUT2D eigenvalue weighted by atomic mass is 79.9. The second-order valence-electron chi connectivity index (χ2n) is 4.33. The number of anilines is 1. The zero-order valence-corrected chi connectivity index (χ0v) is 13.4. The van der Waals surface area contributed by atoms with Gasteiger partial charge in [0.2, 0.25) is 0 Å². The summed E-state index contributed by atoms with van der Waals surface area (Å²) in [5, 5.41) is 2.84. The highest BCUT2D eigenvalue weighted by molar-refractivity contribution is 9.10. The number of carbonyl (C=O) groups is 1. The Kier molecular flexibility index (Phi) is 5.20. The lowest BCUT2D eigenvalue weighted by Gasteiger charge is -2.15. The van der Waals surface area contributed by atoms with Gasteiger partial charge in [-0.2, -0.15) is 0 Å². The first kappa shape index (κ1) is 15.8. The van der Waals surface area contributed by atoms with Crippen molar-refractivity contribution < 1.29 is 13.9 Å². The largest absolute Gasteiger partial charge is 0.479 e. The number of hydrogen-bond acceptors (Lipinski definition) is 2. The van der Waals surface area contributed by atoms with E-state index in [1.807, 2.05) is 12.1 Å². The second-order valence-corrected chi connectivity index (χ2v) is 5.65. The molecule has 0 aliphatic heterocycles. The molecule has 0 bridgehead atoms. The molecule has 1 atom stereocenters. The van der Waals surface area contributed by atoms with Gasteiger partial charge in [0.05, 0.1) is 5.02 Å². The number of ether oxygens (including phenoxy) is 1. The number of nitrogens with one attached hydrogen (secondary N) is 1. The van der Waals surface area contributed by atoms with Crippen molar-refractivity contribution in [3.8, 4) is 5.75 Å². The van der Waals surface area contributed by atoms with Crippen LogP contribution in [0.5, 0.6) is 5.75 Å². The Morgan fingerprint density at radius 1 is 1.29 bits per heavy atom. The summed E-state index contributed by atoms with van der Waals surface area (Å²) in [5.41, 5.74) is 0.656. The summed E-state index contributed by atoms with van der Waals surface area (Å²) >= 11 is 9.17. The molecule has 0 heterocycles. The molecular weight excluding hydrogens is 361 g/mol. The molecule has 1 amide bonds. The van der Waals surface area contributed by atoms with Gasteiger partial charge in [-0.25, -0.2) is 4.39 Å². The highest BCUT2D eigenvalue weighted by Crippen LogP contribution is 2.26. The van der Waals surface area contributed by atoms with E-state index < -0.39 is 11.9 Å². The molecule has 2 aromatic rings. The molecule has 3 nitrogen and oxygen atoms in total. The summed E-state index contributed by atoms with van der Waals surface area (Å²) in [5.74, 6) is -0.520. The molecule has 0 spiro atoms. The fourth-order valence-electron chi connectivity index (χ4n) is 1.59. The van der Waals surface area contributed by atoms with Crippen LogP contribution in [0.15, 0.2) is 46.9 Å². The molecule has 110 valence electrons. The molecular formula is C15H12BrClFNO2. The Labute approximate surface area is 135 Å². The van der Waals surface area contributed by atoms with Crippen molar-refractivity contribution in [3.05, 3.63) is 57.8 Å². The molecule has 0 fully saturated rings. The van der Waals surface area contributed by atoms with Crippen LogP contribution in [0.1, 0.15) is 6.92 Å². The monoisotopic (exact) mass is 371 g/mol. The van der Waals surface area contributed by atoms with Gasteiger partial charge in [0.25, 0.3) is 5.91 Å². The second kappa shape index (κ2) is 6.91. The smallest absolute Gasteiger partial charge is 0.265 e. The number of carbonyl (C=O) groups excluding carboxylic acids is 1. The lowest BCUT2D eigenvalue weighted by molar-refractivity contribution is -0.122. The molecule has 0 saturated heterocycles. The normalized spacial score (nSPS) is 11.8. The van der Waals surface area contributed by atoms with E-state index in [-0.39, 0.29) is 16.7 Å². The predicted molar refractivity (Wildman–Crippen MR) is 84.3 cm³/mol. The quantitative estimate of drug-likeness (QED) is 0.848. The van der Waals surface area contributed by atoms with E-state index in [0.29, 0.717) is 5.69 Å². The van der Waals surface area contributed by atoms with Gasteiger partial charge >= 0.3 is 0 Å². The first-order valence-corrected chi connectivity index (χ1v) is 7.31. The minimum Gasteiger partial charge on any atom is -0.479 e. The Hall–Kier alpha value is -1.59. The van der Waals surface area contributed by atoms with E-state index in [4.69, 9.17) is 16.3 Å². The summed E-state index contributed by atoms with van der Waals surface area (Å²) < 4.78 is 19.3. The molecule has 0 aliphatic carbocycles. The van der Waals surface area contributed by atoms with E-state index in [2.05, 4.69) is 21.2 Å². The van der Waals surface area contributed by atoms with Crippen molar-refractivity contribution in [2.24, 2.45) is 0 Å². The van der Waals surface area contributed by atoms with Crippen LogP contribution >= 0.6 is 27.5 Å². The molecule has 0 radical (unpaired) electrons. The predicted octanol–water partition coefficient (Wildman–Crippen LogP) is 4.65. The average molecular weight is 373 g/mol. The molecule has 1 unspecified atom stereocenters. The van der Waals surface area contributed by atoms with Crippen LogP contribution in [0.4, 0.5) is 10.1 Å². The van der Waals surface area contributed by atoms with Crippen LogP contribution in [0.2, 0.25) is 5.02 Å². The maximum absolute atomic E-state index is 12.9. The van der Waals surface area contributed by atoms with Gasteiger partial charge in [-0.1, -0.05) is 27.5 Å². The first-order valence-electron chi connectivity index (χ1n) is 6.14. The summed E-state index contributed by atoms with van der Waals surface area (Å²) in [6.45, 7) is 1.59. The first-order chi connectivity index (χ1) is 9.95. The van der Waals surface area contributed by atoms with Crippen LogP contribution in [0.25, 0.3) is 0 Å². The number of rotatable bonds is 4. The Morgan fingerprint density at radius 2 is 1.95 bits per heavy atom. The lowest BCUT2D eigenvalue weighted by atomic mass is 10.3. The van der Waals surface area contributed by atoms with Crippen molar-refractivity contribution in [2.75, 3.05) is 5.32 Å². The average Bonchev–Trinajstić information content (AvgIpc) is 2.44. The fourth-order valence-corrected chi connectivity index (χ4v) is 2.07. The Bertz CT molecular complexity index is 649. The van der Waals surface area contributed by atoms with Gasteiger partial charge < -0.3 is 10.1 Å². The summed E-state index contributed by atoms with van der Waals surface area (Å²) in [6, 6.07) is 10.9. The van der Waals surface area contributed by atoms with Gasteiger partial charge in [0.1, 0.15) is 11.6 Å². The van der Waals surface area contributed by atoms with E-state index in [1.54, 1.807) is 19.1 Å². The van der Waals surface area contributed by atoms with Gasteiger partial charge in [0.15, 0.2) is 6.10 Å². The van der Waals surface area contributed by atoms with Crippen LogP contribution in [-0.2, 0) is 4.79 Å². The number of benzene rings is 2. The summed E-state index contributed by atoms with van der Waals surface area (Å²) in [7, 11) is 0. The zero-order valence-electron chi connectivity index (χ0n) is 11.1. The Balaban J connectivity index is 2.00. The fraction of sp³-hybridized carbons (Fsp3) is 0.133. The molecule has 6 heteroatoms. The van der Waals surface area contributed by atoms with Crippen molar-refractivity contribution in [2.45, 2.75) is 13.0 Å². The maximum atomic E-state index is 12.9. The van der Waals surface area contributed by atoms with Crippen LogP contribution in [0, 0.1) is 5.82 Å². The van der Waals surface area contributed by atoms with Gasteiger partial charge in [0, 0.05) is 10.2 Å². The molecule has 2 aromatic carbocycles. The van der Waals surface area contributed by atoms with Gasteiger partial charge in [-0.3, -0.25) is 4.79 Å². The van der Waals surface area contributed by atoms with Crippen molar-refractivity contribution >= 4 is 39.1 Å². The minimum absolute atomic E-state index is 0.123. The molecule has 0 saturated carbocycles. The van der Waals surface area contributed by atoms with Gasteiger partial charge in [-0.15, -0.1) is 0 Å². The highest BCUT2D eigenvalue weighted by Gasteiger charge is 2.16. The number of amides is 1. The SMILES string of the molecule is CC(Oc1ccc(F)cc1Cl)C(=O)Nc1ccc(Br)cc1. The van der Waals surface area contributed by atoms with Crippen molar-refractivity contribution in [1.29, 1.82) is 0 Å². The number of hydrogen-bond donors (Lipinski definition) is 1. The Morgan fingerprint density at radius 3 is 2.57 bits per heavy atom. The van der Waals surface area contributed by atoms with E-state index in [1.165, 1.54) is 12.1 Å². The zero-order chi connectivity index (χ0) is 15.4. The topological polar surface area (TPSA) is 38.3 Å². The maximum Gasteiger partial charge on any atom is 0.265 e. The standard InChI is InChI=1S/C15H12BrClFNO2/c1-9(21-14-7-4-11(18)8-13(14)17)15(20)19-12-5-2-10(16)3-6-12/h2-9H,1H3,(H,19,20). The van der Waals surface area contributed by atoms with Crippen molar-refractivity contribution in [1.82, 2.24) is 0 Å². The van der Waals surface area contributed by atoms with E-state index in [0.717, 1.165) is 10.5 Å². The third kappa shape index (κ3) is 4.44. The van der Waals surface area contributed by atoms with Crippen LogP contribution in [0.3, 0.4) is 0 Å². The lowest BCUT2D eigenvalue weighted by Crippen LogP contribution is -2.30. The third-order valence-corrected chi connectivity index (χ3v) is 3.50. The molecule has 0 aromatic heterocycles. The molecule has 1 N–H and O–H groups in total. The minimum atomic E-state index is -0.767. The third-order valence-electron chi connectivity index (χ3n) is 2.68. The van der Waals surface area contributed by atoms with Crippen molar-refractivity contribution in [3.63, 3.8) is 0 Å². The summed E-state index contributed by atoms with van der Waals surface area (Å²) in [6.07, 6.45) is -0.767. The van der Waals surface area contributed by atoms with Crippen LogP contribution in [-0.4, -0.2) is 12.0 Å². The molecule has 2 rings (SSSR count). The molecule has 0 aliphatic rings. The van der Waals surface area contributed by atoms with Crippen LogP contribution < -0.4 is 10.1 Å².